The molecule has 15 heavy (non-hydrogen) atoms. The number of carbonyl (C=O) groups excluding carboxylic acids is 1. The van der Waals surface area contributed by atoms with E-state index in [4.69, 9.17) is 16.3 Å². The van der Waals surface area contributed by atoms with E-state index in [0.29, 0.717) is 23.8 Å². The minimum absolute atomic E-state index is 0. The van der Waals surface area contributed by atoms with Crippen molar-refractivity contribution in [2.75, 3.05) is 6.61 Å². The van der Waals surface area contributed by atoms with Crippen molar-refractivity contribution >= 4 is 17.6 Å². The first-order valence-corrected chi connectivity index (χ1v) is 4.64. The van der Waals surface area contributed by atoms with Crippen LogP contribution >= 0.6 is 11.6 Å². The van der Waals surface area contributed by atoms with Crippen LogP contribution in [-0.4, -0.2) is 12.6 Å². The molecule has 0 N–H and O–H groups in total. The smallest absolute Gasteiger partial charge is 0.550 e. The monoisotopic (exact) mass is 220 g/mol. The first-order chi connectivity index (χ1) is 6.68. The minimum Gasteiger partial charge on any atom is -0.550 e. The summed E-state index contributed by atoms with van der Waals surface area (Å²) in [7, 11) is 0. The zero-order valence-electron chi connectivity index (χ0n) is 8.53. The van der Waals surface area contributed by atoms with Crippen molar-refractivity contribution in [1.29, 1.82) is 0 Å². The maximum Gasteiger partial charge on any atom is 1.00 e. The Morgan fingerprint density at radius 1 is 1.33 bits per heavy atom. The molecule has 0 saturated carbocycles. The van der Waals surface area contributed by atoms with Crippen molar-refractivity contribution in [1.82, 2.24) is 0 Å². The SMILES string of the molecule is O=C([O-])CCCOc1ccc(Cl)cc1.[Li+]. The van der Waals surface area contributed by atoms with Crippen molar-refractivity contribution in [3.63, 3.8) is 0 Å². The molecule has 5 heteroatoms. The normalized spacial score (nSPS) is 9.13. The van der Waals surface area contributed by atoms with Gasteiger partial charge in [0.15, 0.2) is 0 Å². The van der Waals surface area contributed by atoms with Gasteiger partial charge >= 0.3 is 18.9 Å². The molecule has 0 aromatic heterocycles. The van der Waals surface area contributed by atoms with Gasteiger partial charge in [-0.3, -0.25) is 0 Å². The van der Waals surface area contributed by atoms with E-state index < -0.39 is 5.97 Å². The molecule has 0 aliphatic rings. The molecular formula is C10H10ClLiO3. The van der Waals surface area contributed by atoms with Crippen LogP contribution in [0.25, 0.3) is 0 Å². The molecule has 0 spiro atoms. The molecule has 1 rings (SSSR count). The Morgan fingerprint density at radius 3 is 2.47 bits per heavy atom. The second kappa shape index (κ2) is 7.64. The van der Waals surface area contributed by atoms with Crippen molar-refractivity contribution < 1.29 is 33.5 Å². The molecule has 0 radical (unpaired) electrons. The van der Waals surface area contributed by atoms with Gasteiger partial charge in [-0.2, -0.15) is 0 Å². The second-order valence-electron chi connectivity index (χ2n) is 2.78. The molecule has 1 aromatic rings. The predicted octanol–water partition coefficient (Wildman–Crippen LogP) is -1.75. The van der Waals surface area contributed by atoms with Gasteiger partial charge < -0.3 is 14.6 Å². The standard InChI is InChI=1S/C10H11ClO3.Li/c11-8-3-5-9(6-4-8)14-7-1-2-10(12)13;/h3-6H,1-2,7H2,(H,12,13);/q;+1/p-1. The Hall–Kier alpha value is -0.623. The number of hydrogen-bond acceptors (Lipinski definition) is 3. The summed E-state index contributed by atoms with van der Waals surface area (Å²) in [5, 5.41) is 10.7. The molecular weight excluding hydrogens is 211 g/mol. The fourth-order valence-electron chi connectivity index (χ4n) is 0.937. The van der Waals surface area contributed by atoms with Gasteiger partial charge in [-0.25, -0.2) is 0 Å². The number of ether oxygens (including phenoxy) is 1. The van der Waals surface area contributed by atoms with Crippen molar-refractivity contribution in [3.05, 3.63) is 29.3 Å². The van der Waals surface area contributed by atoms with E-state index in [9.17, 15) is 9.90 Å². The number of carbonyl (C=O) groups is 1. The zero-order chi connectivity index (χ0) is 10.4. The topological polar surface area (TPSA) is 49.4 Å². The summed E-state index contributed by atoms with van der Waals surface area (Å²) < 4.78 is 5.26. The third-order valence-corrected chi connectivity index (χ3v) is 1.86. The molecule has 0 saturated heterocycles. The van der Waals surface area contributed by atoms with Gasteiger partial charge in [0.2, 0.25) is 0 Å². The van der Waals surface area contributed by atoms with Crippen LogP contribution in [0.3, 0.4) is 0 Å². The third-order valence-electron chi connectivity index (χ3n) is 1.61. The summed E-state index contributed by atoms with van der Waals surface area (Å²) in [6.07, 6.45) is 0.471. The molecule has 0 fully saturated rings. The first kappa shape index (κ1) is 14.4. The Kier molecular flexibility index (Phi) is 7.32. The van der Waals surface area contributed by atoms with E-state index in [1.165, 1.54) is 0 Å². The summed E-state index contributed by atoms with van der Waals surface area (Å²) in [4.78, 5) is 10.1. The maximum absolute atomic E-state index is 10.1. The summed E-state index contributed by atoms with van der Waals surface area (Å²) >= 11 is 5.67. The van der Waals surface area contributed by atoms with E-state index in [1.807, 2.05) is 0 Å². The van der Waals surface area contributed by atoms with Gasteiger partial charge in [0, 0.05) is 11.0 Å². The number of hydrogen-bond donors (Lipinski definition) is 0. The van der Waals surface area contributed by atoms with Crippen LogP contribution in [0.2, 0.25) is 5.02 Å². The fourth-order valence-corrected chi connectivity index (χ4v) is 1.06. The number of carboxylic acid groups (broad SMARTS) is 1. The van der Waals surface area contributed by atoms with E-state index in [-0.39, 0.29) is 25.3 Å². The molecule has 0 amide bonds. The first-order valence-electron chi connectivity index (χ1n) is 4.26. The van der Waals surface area contributed by atoms with Crippen molar-refractivity contribution in [3.8, 4) is 5.75 Å². The molecule has 76 valence electrons. The average molecular weight is 221 g/mol. The third kappa shape index (κ3) is 6.46. The van der Waals surface area contributed by atoms with Gasteiger partial charge in [0.1, 0.15) is 5.75 Å². The van der Waals surface area contributed by atoms with E-state index in [0.717, 1.165) is 0 Å². The minimum atomic E-state index is -1.05. The fraction of sp³-hybridized carbons (Fsp3) is 0.300. The van der Waals surface area contributed by atoms with Gasteiger partial charge in [0.25, 0.3) is 0 Å². The summed E-state index contributed by atoms with van der Waals surface area (Å²) in [5.41, 5.74) is 0. The second-order valence-corrected chi connectivity index (χ2v) is 3.21. The van der Waals surface area contributed by atoms with Gasteiger partial charge in [-0.1, -0.05) is 11.6 Å². The molecule has 3 nitrogen and oxygen atoms in total. The number of benzene rings is 1. The average Bonchev–Trinajstić information content (AvgIpc) is 2.15. The van der Waals surface area contributed by atoms with Crippen LogP contribution in [0.5, 0.6) is 5.75 Å². The molecule has 0 unspecified atom stereocenters. The Morgan fingerprint density at radius 2 is 1.93 bits per heavy atom. The van der Waals surface area contributed by atoms with Crippen LogP contribution in [0.15, 0.2) is 24.3 Å². The maximum atomic E-state index is 10.1. The van der Waals surface area contributed by atoms with Crippen LogP contribution in [-0.2, 0) is 4.79 Å². The largest absolute Gasteiger partial charge is 1.00 e. The van der Waals surface area contributed by atoms with Crippen molar-refractivity contribution in [2.45, 2.75) is 12.8 Å². The van der Waals surface area contributed by atoms with Gasteiger partial charge in [-0.05, 0) is 37.1 Å². The van der Waals surface area contributed by atoms with Crippen molar-refractivity contribution in [2.24, 2.45) is 0 Å². The molecule has 1 aromatic carbocycles. The Bertz CT molecular complexity index is 300. The molecule has 0 aliphatic heterocycles. The van der Waals surface area contributed by atoms with E-state index in [2.05, 4.69) is 0 Å². The van der Waals surface area contributed by atoms with Crippen LogP contribution in [0, 0.1) is 0 Å². The number of carboxylic acids is 1. The van der Waals surface area contributed by atoms with E-state index >= 15 is 0 Å². The van der Waals surface area contributed by atoms with Crippen LogP contribution in [0.4, 0.5) is 0 Å². The molecule has 0 heterocycles. The predicted molar refractivity (Wildman–Crippen MR) is 51.2 cm³/mol. The molecule has 0 atom stereocenters. The van der Waals surface area contributed by atoms with E-state index in [1.54, 1.807) is 24.3 Å². The summed E-state index contributed by atoms with van der Waals surface area (Å²) in [6, 6.07) is 6.91. The molecule has 0 bridgehead atoms. The van der Waals surface area contributed by atoms with Crippen LogP contribution < -0.4 is 28.7 Å². The molecule has 0 aliphatic carbocycles. The number of aliphatic carboxylic acids is 1. The quantitative estimate of drug-likeness (QED) is 0.437. The van der Waals surface area contributed by atoms with Crippen LogP contribution in [0.1, 0.15) is 12.8 Å². The number of halogens is 1. The Labute approximate surface area is 106 Å². The summed E-state index contributed by atoms with van der Waals surface area (Å²) in [6.45, 7) is 0.371. The van der Waals surface area contributed by atoms with Gasteiger partial charge in [-0.15, -0.1) is 0 Å². The summed E-state index contributed by atoms with van der Waals surface area (Å²) in [5.74, 6) is -0.363. The number of rotatable bonds is 5. The zero-order valence-corrected chi connectivity index (χ0v) is 9.29. The van der Waals surface area contributed by atoms with Gasteiger partial charge in [0.05, 0.1) is 6.61 Å². The Balaban J connectivity index is 0.00000196.